The Morgan fingerprint density at radius 2 is 1.57 bits per heavy atom. The minimum Gasteiger partial charge on any atom is -0.493 e. The molecule has 7 nitrogen and oxygen atoms in total. The number of hydrogen-bond donors (Lipinski definition) is 1. The fourth-order valence-electron chi connectivity index (χ4n) is 4.87. The average Bonchev–Trinajstić information content (AvgIpc) is 3.43. The first-order valence-electron chi connectivity index (χ1n) is 14.2. The number of ketones is 2. The van der Waals surface area contributed by atoms with E-state index in [0.29, 0.717) is 36.5 Å². The van der Waals surface area contributed by atoms with Crippen molar-refractivity contribution in [3.8, 4) is 22.6 Å². The molecule has 1 heterocycles. The van der Waals surface area contributed by atoms with Crippen molar-refractivity contribution in [3.05, 3.63) is 114 Å². The van der Waals surface area contributed by atoms with Crippen molar-refractivity contribution >= 4 is 22.5 Å². The van der Waals surface area contributed by atoms with E-state index < -0.39 is 6.61 Å². The van der Waals surface area contributed by atoms with E-state index in [1.807, 2.05) is 78.9 Å². The average molecular weight is 563 g/mol. The molecule has 42 heavy (non-hydrogen) atoms. The van der Waals surface area contributed by atoms with Crippen LogP contribution in [-0.4, -0.2) is 46.3 Å². The number of Topliss-reactive ketones (excluding diaryl/α,β-unsaturated/α-hetero) is 1. The van der Waals surface area contributed by atoms with Gasteiger partial charge < -0.3 is 14.6 Å². The first-order valence-corrected chi connectivity index (χ1v) is 14.2. The van der Waals surface area contributed by atoms with Gasteiger partial charge in [-0.05, 0) is 59.5 Å². The van der Waals surface area contributed by atoms with E-state index in [1.165, 1.54) is 0 Å². The fraction of sp³-hybridized carbons (Fsp3) is 0.229. The number of aryl methyl sites for hydroxylation is 1. The van der Waals surface area contributed by atoms with Crippen LogP contribution in [0, 0.1) is 0 Å². The molecule has 214 valence electrons. The van der Waals surface area contributed by atoms with Gasteiger partial charge in [0.2, 0.25) is 0 Å². The smallest absolute Gasteiger partial charge is 0.193 e. The quantitative estimate of drug-likeness (QED) is 0.126. The second-order valence-corrected chi connectivity index (χ2v) is 10.1. The number of carbonyl (C=O) groups is 2. The van der Waals surface area contributed by atoms with Crippen LogP contribution in [0.4, 0.5) is 0 Å². The van der Waals surface area contributed by atoms with Crippen LogP contribution < -0.4 is 9.47 Å². The Morgan fingerprint density at radius 3 is 2.33 bits per heavy atom. The molecule has 7 heteroatoms. The van der Waals surface area contributed by atoms with Crippen molar-refractivity contribution in [2.45, 2.75) is 32.7 Å². The van der Waals surface area contributed by atoms with E-state index in [-0.39, 0.29) is 18.1 Å². The van der Waals surface area contributed by atoms with Gasteiger partial charge >= 0.3 is 0 Å². The SMILES string of the molecule is CCCc1cc(C(=O)c2ccc(-c3ccccc3)cc2)ccc1OCCCOc1ccc2c(cnn2CC(=O)CO)c1. The molecule has 0 bridgehead atoms. The van der Waals surface area contributed by atoms with E-state index in [1.54, 1.807) is 10.9 Å². The number of rotatable bonds is 14. The fourth-order valence-corrected chi connectivity index (χ4v) is 4.87. The Morgan fingerprint density at radius 1 is 0.833 bits per heavy atom. The predicted octanol–water partition coefficient (Wildman–Crippen LogP) is 6.30. The van der Waals surface area contributed by atoms with E-state index in [2.05, 4.69) is 24.2 Å². The summed E-state index contributed by atoms with van der Waals surface area (Å²) in [5, 5.41) is 14.1. The highest BCUT2D eigenvalue weighted by atomic mass is 16.5. The number of ether oxygens (including phenoxy) is 2. The van der Waals surface area contributed by atoms with Crippen LogP contribution in [0.5, 0.6) is 11.5 Å². The van der Waals surface area contributed by atoms with Gasteiger partial charge in [0.15, 0.2) is 11.6 Å². The van der Waals surface area contributed by atoms with Gasteiger partial charge in [0.1, 0.15) is 24.7 Å². The van der Waals surface area contributed by atoms with Gasteiger partial charge in [-0.25, -0.2) is 0 Å². The molecule has 0 radical (unpaired) electrons. The number of carbonyl (C=O) groups excluding carboxylic acids is 2. The molecule has 0 aliphatic heterocycles. The molecule has 5 aromatic rings. The topological polar surface area (TPSA) is 90.7 Å². The van der Waals surface area contributed by atoms with Crippen molar-refractivity contribution in [1.29, 1.82) is 0 Å². The normalized spacial score (nSPS) is 11.0. The molecule has 5 rings (SSSR count). The zero-order valence-corrected chi connectivity index (χ0v) is 23.7. The lowest BCUT2D eigenvalue weighted by Gasteiger charge is -2.13. The zero-order chi connectivity index (χ0) is 29.3. The first kappa shape index (κ1) is 28.8. The van der Waals surface area contributed by atoms with Crippen molar-refractivity contribution in [2.75, 3.05) is 19.8 Å². The van der Waals surface area contributed by atoms with Crippen molar-refractivity contribution < 1.29 is 24.2 Å². The van der Waals surface area contributed by atoms with Crippen molar-refractivity contribution in [1.82, 2.24) is 9.78 Å². The number of aliphatic hydroxyl groups is 1. The first-order chi connectivity index (χ1) is 20.6. The molecule has 0 fully saturated rings. The molecular weight excluding hydrogens is 528 g/mol. The Balaban J connectivity index is 1.15. The van der Waals surface area contributed by atoms with Crippen LogP contribution in [0.15, 0.2) is 97.2 Å². The predicted molar refractivity (Wildman–Crippen MR) is 163 cm³/mol. The maximum Gasteiger partial charge on any atom is 0.193 e. The van der Waals surface area contributed by atoms with Crippen molar-refractivity contribution in [2.24, 2.45) is 0 Å². The Labute approximate surface area is 245 Å². The Hall–Kier alpha value is -4.75. The monoisotopic (exact) mass is 562 g/mol. The number of benzene rings is 4. The number of hydrogen-bond acceptors (Lipinski definition) is 6. The summed E-state index contributed by atoms with van der Waals surface area (Å²) in [6.07, 6.45) is 4.12. The maximum atomic E-state index is 13.3. The van der Waals surface area contributed by atoms with Crippen LogP contribution >= 0.6 is 0 Å². The number of aliphatic hydroxyl groups excluding tert-OH is 1. The molecule has 0 spiro atoms. The molecule has 0 atom stereocenters. The third-order valence-corrected chi connectivity index (χ3v) is 7.03. The molecule has 0 aliphatic carbocycles. The van der Waals surface area contributed by atoms with Crippen LogP contribution in [0.3, 0.4) is 0 Å². The Bertz CT molecular complexity index is 1660. The highest BCUT2D eigenvalue weighted by Gasteiger charge is 2.13. The summed E-state index contributed by atoms with van der Waals surface area (Å²) in [7, 11) is 0. The van der Waals surface area contributed by atoms with Gasteiger partial charge in [-0.2, -0.15) is 5.10 Å². The molecule has 0 aliphatic rings. The van der Waals surface area contributed by atoms with Crippen molar-refractivity contribution in [3.63, 3.8) is 0 Å². The van der Waals surface area contributed by atoms with Crippen LogP contribution in [-0.2, 0) is 17.8 Å². The molecule has 0 unspecified atom stereocenters. The highest BCUT2D eigenvalue weighted by molar-refractivity contribution is 6.09. The summed E-state index contributed by atoms with van der Waals surface area (Å²) >= 11 is 0. The standard InChI is InChI=1S/C35H34N2O5/c1-2-7-28-20-29(35(40)27-12-10-26(11-13-27)25-8-4-3-5-9-25)14-17-34(28)42-19-6-18-41-32-15-16-33-30(21-32)22-36-37(33)23-31(39)24-38/h3-5,8-17,20-22,38H,2,6-7,18-19,23-24H2,1H3. The summed E-state index contributed by atoms with van der Waals surface area (Å²) < 4.78 is 13.6. The van der Waals surface area contributed by atoms with Crippen LogP contribution in [0.25, 0.3) is 22.0 Å². The summed E-state index contributed by atoms with van der Waals surface area (Å²) in [6.45, 7) is 2.60. The molecular formula is C35H34N2O5. The lowest BCUT2D eigenvalue weighted by molar-refractivity contribution is -0.122. The molecule has 0 saturated heterocycles. The summed E-state index contributed by atoms with van der Waals surface area (Å²) in [4.78, 5) is 24.8. The van der Waals surface area contributed by atoms with Gasteiger partial charge in [0.25, 0.3) is 0 Å². The lowest BCUT2D eigenvalue weighted by atomic mass is 9.97. The minimum atomic E-state index is -0.503. The van der Waals surface area contributed by atoms with E-state index in [0.717, 1.165) is 46.2 Å². The largest absolute Gasteiger partial charge is 0.493 e. The third-order valence-electron chi connectivity index (χ3n) is 7.03. The zero-order valence-electron chi connectivity index (χ0n) is 23.7. The van der Waals surface area contributed by atoms with Crippen LogP contribution in [0.2, 0.25) is 0 Å². The van der Waals surface area contributed by atoms with Gasteiger partial charge in [-0.3, -0.25) is 14.3 Å². The van der Waals surface area contributed by atoms with Gasteiger partial charge in [0, 0.05) is 22.9 Å². The molecule has 1 aromatic heterocycles. The molecule has 0 amide bonds. The van der Waals surface area contributed by atoms with Gasteiger partial charge in [-0.1, -0.05) is 67.9 Å². The van der Waals surface area contributed by atoms with Gasteiger partial charge in [-0.15, -0.1) is 0 Å². The Kier molecular flexibility index (Phi) is 9.41. The lowest BCUT2D eigenvalue weighted by Crippen LogP contribution is -2.14. The van der Waals surface area contributed by atoms with E-state index >= 15 is 0 Å². The third kappa shape index (κ3) is 6.93. The molecule has 0 saturated carbocycles. The maximum absolute atomic E-state index is 13.3. The number of fused-ring (bicyclic) bond motifs is 1. The summed E-state index contributed by atoms with van der Waals surface area (Å²) in [5.41, 5.74) is 5.34. The minimum absolute atomic E-state index is 0.00516. The highest BCUT2D eigenvalue weighted by Crippen LogP contribution is 2.26. The molecule has 4 aromatic carbocycles. The number of aromatic nitrogens is 2. The molecule has 1 N–H and O–H groups in total. The van der Waals surface area contributed by atoms with E-state index in [9.17, 15) is 9.59 Å². The second kappa shape index (κ2) is 13.7. The van der Waals surface area contributed by atoms with Gasteiger partial charge in [0.05, 0.1) is 24.9 Å². The summed E-state index contributed by atoms with van der Waals surface area (Å²) in [5.74, 6) is 1.20. The summed E-state index contributed by atoms with van der Waals surface area (Å²) in [6, 6.07) is 29.1. The number of nitrogens with zero attached hydrogens (tertiary/aromatic N) is 2. The van der Waals surface area contributed by atoms with E-state index in [4.69, 9.17) is 14.6 Å². The van der Waals surface area contributed by atoms with Crippen LogP contribution in [0.1, 0.15) is 41.3 Å². The second-order valence-electron chi connectivity index (χ2n) is 10.1.